The van der Waals surface area contributed by atoms with Crippen LogP contribution in [-0.4, -0.2) is 25.9 Å². The van der Waals surface area contributed by atoms with Crippen LogP contribution in [0.3, 0.4) is 0 Å². The fourth-order valence-corrected chi connectivity index (χ4v) is 1.08. The lowest BCUT2D eigenvalue weighted by atomic mass is 10.1. The molecular weight excluding hydrogens is 192 g/mol. The number of rotatable bonds is 3. The van der Waals surface area contributed by atoms with Gasteiger partial charge in [0.15, 0.2) is 0 Å². The zero-order valence-corrected chi connectivity index (χ0v) is 8.86. The van der Waals surface area contributed by atoms with Crippen molar-refractivity contribution in [2.24, 2.45) is 0 Å². The topological polar surface area (TPSA) is 38.7 Å². The van der Waals surface area contributed by atoms with E-state index in [1.54, 1.807) is 38.5 Å². The van der Waals surface area contributed by atoms with Gasteiger partial charge in [-0.05, 0) is 17.7 Å². The first-order valence-corrected chi connectivity index (χ1v) is 4.57. The molecule has 1 aromatic rings. The summed E-state index contributed by atoms with van der Waals surface area (Å²) < 4.78 is 9.77. The first-order chi connectivity index (χ1) is 7.27. The van der Waals surface area contributed by atoms with Gasteiger partial charge in [-0.25, -0.2) is 0 Å². The van der Waals surface area contributed by atoms with E-state index in [1.807, 2.05) is 0 Å². The van der Waals surface area contributed by atoms with E-state index in [-0.39, 0.29) is 0 Å². The lowest BCUT2D eigenvalue weighted by Gasteiger charge is -2.04. The van der Waals surface area contributed by atoms with E-state index in [9.17, 15) is 5.11 Å². The van der Waals surface area contributed by atoms with Crippen LogP contribution in [0.15, 0.2) is 24.3 Å². The van der Waals surface area contributed by atoms with Gasteiger partial charge in [-0.1, -0.05) is 24.0 Å². The predicted molar refractivity (Wildman–Crippen MR) is 57.6 cm³/mol. The Balaban J connectivity index is 2.66. The molecule has 0 saturated carbocycles. The average Bonchev–Trinajstić information content (AvgIpc) is 2.29. The molecule has 3 nitrogen and oxygen atoms in total. The normalized spacial score (nSPS) is 11.4. The number of ether oxygens (including phenoxy) is 2. The van der Waals surface area contributed by atoms with E-state index in [0.717, 1.165) is 11.3 Å². The first kappa shape index (κ1) is 11.6. The maximum atomic E-state index is 9.64. The van der Waals surface area contributed by atoms with Gasteiger partial charge < -0.3 is 14.6 Å². The van der Waals surface area contributed by atoms with Crippen molar-refractivity contribution in [3.63, 3.8) is 0 Å². The van der Waals surface area contributed by atoms with Gasteiger partial charge in [0.2, 0.25) is 0 Å². The molecule has 0 amide bonds. The molecule has 0 spiro atoms. The van der Waals surface area contributed by atoms with Gasteiger partial charge in [0.25, 0.3) is 0 Å². The molecule has 1 N–H and O–H groups in total. The first-order valence-electron chi connectivity index (χ1n) is 4.57. The zero-order valence-electron chi connectivity index (χ0n) is 8.86. The summed E-state index contributed by atoms with van der Waals surface area (Å²) in [7, 11) is 3.16. The monoisotopic (exact) mass is 206 g/mol. The van der Waals surface area contributed by atoms with Crippen molar-refractivity contribution in [3.8, 4) is 17.6 Å². The third-order valence-electron chi connectivity index (χ3n) is 1.89. The van der Waals surface area contributed by atoms with E-state index in [0.29, 0.717) is 6.61 Å². The van der Waals surface area contributed by atoms with E-state index in [2.05, 4.69) is 11.8 Å². The Kier molecular flexibility index (Phi) is 4.69. The summed E-state index contributed by atoms with van der Waals surface area (Å²) in [5.41, 5.74) is 0.749. The van der Waals surface area contributed by atoms with Crippen LogP contribution in [0, 0.1) is 11.8 Å². The molecule has 1 unspecified atom stereocenters. The second kappa shape index (κ2) is 6.07. The molecule has 0 aliphatic carbocycles. The summed E-state index contributed by atoms with van der Waals surface area (Å²) in [5.74, 6) is 6.15. The molecule has 0 saturated heterocycles. The second-order valence-corrected chi connectivity index (χ2v) is 2.93. The Morgan fingerprint density at radius 1 is 1.27 bits per heavy atom. The fraction of sp³-hybridized carbons (Fsp3) is 0.333. The molecule has 3 heteroatoms. The summed E-state index contributed by atoms with van der Waals surface area (Å²) in [4.78, 5) is 0. The highest BCUT2D eigenvalue weighted by Crippen LogP contribution is 2.16. The van der Waals surface area contributed by atoms with E-state index in [4.69, 9.17) is 9.47 Å². The minimum atomic E-state index is -0.772. The van der Waals surface area contributed by atoms with E-state index < -0.39 is 6.10 Å². The van der Waals surface area contributed by atoms with Gasteiger partial charge in [-0.2, -0.15) is 0 Å². The van der Waals surface area contributed by atoms with Gasteiger partial charge in [0.05, 0.1) is 7.11 Å². The van der Waals surface area contributed by atoms with Gasteiger partial charge in [-0.3, -0.25) is 0 Å². The molecule has 0 radical (unpaired) electrons. The summed E-state index contributed by atoms with van der Waals surface area (Å²) >= 11 is 0. The maximum absolute atomic E-state index is 9.64. The lowest BCUT2D eigenvalue weighted by Crippen LogP contribution is -1.94. The second-order valence-electron chi connectivity index (χ2n) is 2.93. The Morgan fingerprint density at radius 3 is 2.47 bits per heavy atom. The van der Waals surface area contributed by atoms with Crippen molar-refractivity contribution in [1.82, 2.24) is 0 Å². The third kappa shape index (κ3) is 3.62. The molecule has 0 aliphatic rings. The van der Waals surface area contributed by atoms with Crippen molar-refractivity contribution >= 4 is 0 Å². The zero-order chi connectivity index (χ0) is 11.1. The molecule has 0 aliphatic heterocycles. The van der Waals surface area contributed by atoms with Gasteiger partial charge >= 0.3 is 0 Å². The predicted octanol–water partition coefficient (Wildman–Crippen LogP) is 1.38. The lowest BCUT2D eigenvalue weighted by molar-refractivity contribution is 0.230. The molecule has 1 rings (SSSR count). The van der Waals surface area contributed by atoms with Crippen molar-refractivity contribution < 1.29 is 14.6 Å². The molecule has 80 valence electrons. The summed E-state index contributed by atoms with van der Waals surface area (Å²) in [6.07, 6.45) is -0.772. The van der Waals surface area contributed by atoms with Crippen molar-refractivity contribution in [1.29, 1.82) is 0 Å². The summed E-state index contributed by atoms with van der Waals surface area (Å²) in [6, 6.07) is 7.14. The Morgan fingerprint density at radius 2 is 1.93 bits per heavy atom. The van der Waals surface area contributed by atoms with Crippen LogP contribution in [0.1, 0.15) is 11.7 Å². The maximum Gasteiger partial charge on any atom is 0.140 e. The van der Waals surface area contributed by atoms with Crippen LogP contribution in [0.25, 0.3) is 0 Å². The number of hydrogen-bond acceptors (Lipinski definition) is 3. The quantitative estimate of drug-likeness (QED) is 0.759. The van der Waals surface area contributed by atoms with Crippen molar-refractivity contribution in [3.05, 3.63) is 29.8 Å². The number of hydrogen-bond donors (Lipinski definition) is 1. The summed E-state index contributed by atoms with van der Waals surface area (Å²) in [6.45, 7) is 0.327. The molecule has 1 aromatic carbocycles. The van der Waals surface area contributed by atoms with Crippen molar-refractivity contribution in [2.75, 3.05) is 20.8 Å². The number of methoxy groups -OCH3 is 2. The highest BCUT2D eigenvalue weighted by molar-refractivity contribution is 5.31. The van der Waals surface area contributed by atoms with Gasteiger partial charge in [0, 0.05) is 7.11 Å². The number of aliphatic hydroxyl groups excluding tert-OH is 1. The van der Waals surface area contributed by atoms with Gasteiger partial charge in [-0.15, -0.1) is 0 Å². The molecule has 0 aromatic heterocycles. The largest absolute Gasteiger partial charge is 0.497 e. The van der Waals surface area contributed by atoms with Crippen LogP contribution in [0.4, 0.5) is 0 Å². The van der Waals surface area contributed by atoms with Crippen LogP contribution < -0.4 is 4.74 Å². The number of aliphatic hydroxyl groups is 1. The van der Waals surface area contributed by atoms with Gasteiger partial charge in [0.1, 0.15) is 18.5 Å². The highest BCUT2D eigenvalue weighted by Gasteiger charge is 2.02. The minimum absolute atomic E-state index is 0.327. The average molecular weight is 206 g/mol. The fourth-order valence-electron chi connectivity index (χ4n) is 1.08. The number of benzene rings is 1. The smallest absolute Gasteiger partial charge is 0.140 e. The Labute approximate surface area is 89.6 Å². The molecule has 0 bridgehead atoms. The minimum Gasteiger partial charge on any atom is -0.497 e. The van der Waals surface area contributed by atoms with Crippen LogP contribution >= 0.6 is 0 Å². The molecular formula is C12H14O3. The van der Waals surface area contributed by atoms with E-state index in [1.165, 1.54) is 0 Å². The third-order valence-corrected chi connectivity index (χ3v) is 1.89. The standard InChI is InChI=1S/C12H14O3/c1-14-9-3-4-12(13)10-5-7-11(15-2)8-6-10/h5-8,12-13H,9H2,1-2H3. The molecule has 15 heavy (non-hydrogen) atoms. The van der Waals surface area contributed by atoms with Crippen LogP contribution in [-0.2, 0) is 4.74 Å². The van der Waals surface area contributed by atoms with Crippen LogP contribution in [0.2, 0.25) is 0 Å². The van der Waals surface area contributed by atoms with Crippen molar-refractivity contribution in [2.45, 2.75) is 6.10 Å². The molecule has 0 fully saturated rings. The van der Waals surface area contributed by atoms with Crippen LogP contribution in [0.5, 0.6) is 5.75 Å². The Hall–Kier alpha value is -1.50. The molecule has 0 heterocycles. The molecule has 1 atom stereocenters. The van der Waals surface area contributed by atoms with E-state index >= 15 is 0 Å². The SMILES string of the molecule is COCC#CC(O)c1ccc(OC)cc1. The Bertz CT molecular complexity index is 345. The highest BCUT2D eigenvalue weighted by atomic mass is 16.5. The summed E-state index contributed by atoms with van der Waals surface area (Å²) in [5, 5.41) is 9.64.